The molecular formula is C9H5ClF5N5. The van der Waals surface area contributed by atoms with E-state index in [1.54, 1.807) is 0 Å². The van der Waals surface area contributed by atoms with E-state index < -0.39 is 40.2 Å². The van der Waals surface area contributed by atoms with E-state index in [-0.39, 0.29) is 6.20 Å². The van der Waals surface area contributed by atoms with Gasteiger partial charge in [-0.05, 0) is 6.07 Å². The highest BCUT2D eigenvalue weighted by molar-refractivity contribution is 6.31. The molecule has 2 heterocycles. The van der Waals surface area contributed by atoms with Crippen molar-refractivity contribution in [3.8, 4) is 0 Å². The third kappa shape index (κ3) is 2.50. The third-order valence-electron chi connectivity index (χ3n) is 2.27. The number of nitrogens with two attached hydrogens (primary N) is 1. The van der Waals surface area contributed by atoms with Crippen LogP contribution in [0.4, 0.5) is 27.9 Å². The van der Waals surface area contributed by atoms with Gasteiger partial charge in [-0.25, -0.2) is 0 Å². The summed E-state index contributed by atoms with van der Waals surface area (Å²) < 4.78 is 65.1. The van der Waals surface area contributed by atoms with E-state index in [2.05, 4.69) is 15.1 Å². The lowest BCUT2D eigenvalue weighted by Gasteiger charge is -2.15. The fourth-order valence-electron chi connectivity index (χ4n) is 1.35. The summed E-state index contributed by atoms with van der Waals surface area (Å²) in [6, 6.07) is 0.359. The summed E-state index contributed by atoms with van der Waals surface area (Å²) >= 11 is 5.44. The first-order chi connectivity index (χ1) is 9.12. The molecule has 0 aliphatic rings. The maximum atomic E-state index is 14.0. The van der Waals surface area contributed by atoms with Crippen molar-refractivity contribution < 1.29 is 22.0 Å². The Morgan fingerprint density at radius 1 is 1.20 bits per heavy atom. The first-order valence-electron chi connectivity index (χ1n) is 4.91. The number of nitrogen functional groups attached to an aromatic ring is 1. The number of nitrogens with one attached hydrogen (secondary N) is 1. The summed E-state index contributed by atoms with van der Waals surface area (Å²) in [7, 11) is 0. The number of nitrogens with zero attached hydrogens (tertiary/aromatic N) is 3. The number of pyridine rings is 1. The molecule has 0 unspecified atom stereocenters. The molecule has 0 atom stereocenters. The number of hydrogen-bond donors (Lipinski definition) is 2. The molecule has 0 radical (unpaired) electrons. The van der Waals surface area contributed by atoms with Gasteiger partial charge in [0.2, 0.25) is 11.8 Å². The molecule has 0 spiro atoms. The van der Waals surface area contributed by atoms with E-state index >= 15 is 0 Å². The first kappa shape index (κ1) is 14.4. The SMILES string of the molecule is Nc1n[nH]c(C(F)(F)c2ncc(C(F)(F)F)cc2Cl)n1. The average Bonchev–Trinajstić information content (AvgIpc) is 2.75. The molecule has 2 rings (SSSR count). The molecule has 0 aromatic carbocycles. The van der Waals surface area contributed by atoms with Gasteiger partial charge in [0.1, 0.15) is 5.69 Å². The number of aromatic nitrogens is 4. The van der Waals surface area contributed by atoms with Gasteiger partial charge >= 0.3 is 12.1 Å². The largest absolute Gasteiger partial charge is 0.417 e. The van der Waals surface area contributed by atoms with Gasteiger partial charge in [0, 0.05) is 6.20 Å². The highest BCUT2D eigenvalue weighted by Crippen LogP contribution is 2.38. The number of aromatic amines is 1. The molecule has 2 aromatic rings. The minimum Gasteiger partial charge on any atom is -0.367 e. The molecule has 0 bridgehead atoms. The van der Waals surface area contributed by atoms with E-state index in [9.17, 15) is 22.0 Å². The van der Waals surface area contributed by atoms with Gasteiger partial charge in [-0.3, -0.25) is 10.1 Å². The van der Waals surface area contributed by atoms with Crippen molar-refractivity contribution in [3.63, 3.8) is 0 Å². The second-order valence-corrected chi connectivity index (χ2v) is 4.08. The van der Waals surface area contributed by atoms with Crippen LogP contribution in [0.2, 0.25) is 5.02 Å². The average molecular weight is 314 g/mol. The van der Waals surface area contributed by atoms with E-state index in [0.29, 0.717) is 6.07 Å². The molecule has 0 saturated heterocycles. The number of alkyl halides is 5. The first-order valence-corrected chi connectivity index (χ1v) is 5.29. The number of H-pyrrole nitrogens is 1. The number of rotatable bonds is 2. The molecule has 5 nitrogen and oxygen atoms in total. The molecule has 2 aromatic heterocycles. The number of halogens is 6. The quantitative estimate of drug-likeness (QED) is 0.835. The van der Waals surface area contributed by atoms with Crippen LogP contribution in [-0.2, 0) is 12.1 Å². The van der Waals surface area contributed by atoms with Crippen LogP contribution in [0.3, 0.4) is 0 Å². The van der Waals surface area contributed by atoms with Gasteiger partial charge in [-0.15, -0.1) is 5.10 Å². The molecular weight excluding hydrogens is 309 g/mol. The Labute approximate surface area is 113 Å². The lowest BCUT2D eigenvalue weighted by molar-refractivity contribution is -0.137. The fourth-order valence-corrected chi connectivity index (χ4v) is 1.64. The van der Waals surface area contributed by atoms with Crippen molar-refractivity contribution in [2.75, 3.05) is 5.73 Å². The maximum Gasteiger partial charge on any atom is 0.417 e. The minimum atomic E-state index is -4.73. The van der Waals surface area contributed by atoms with Crippen LogP contribution < -0.4 is 5.73 Å². The fraction of sp³-hybridized carbons (Fsp3) is 0.222. The summed E-state index contributed by atoms with van der Waals surface area (Å²) in [4.78, 5) is 6.28. The van der Waals surface area contributed by atoms with Gasteiger partial charge < -0.3 is 5.73 Å². The van der Waals surface area contributed by atoms with Crippen LogP contribution in [0.1, 0.15) is 17.1 Å². The Hall–Kier alpha value is -1.97. The van der Waals surface area contributed by atoms with E-state index in [1.165, 1.54) is 0 Å². The van der Waals surface area contributed by atoms with Gasteiger partial charge in [0.15, 0.2) is 0 Å². The van der Waals surface area contributed by atoms with Crippen molar-refractivity contribution in [1.29, 1.82) is 0 Å². The van der Waals surface area contributed by atoms with Crippen molar-refractivity contribution in [3.05, 3.63) is 34.4 Å². The van der Waals surface area contributed by atoms with Gasteiger partial charge in [0.25, 0.3) is 0 Å². The molecule has 0 fully saturated rings. The standard InChI is InChI=1S/C9H5ClF5N5/c10-4-1-3(9(13,14)15)2-17-5(4)8(11,12)6-18-7(16)20-19-6/h1-2H,(H3,16,18,19,20). The van der Waals surface area contributed by atoms with Crippen LogP contribution in [0, 0.1) is 0 Å². The molecule has 108 valence electrons. The monoisotopic (exact) mass is 313 g/mol. The molecule has 0 saturated carbocycles. The second-order valence-electron chi connectivity index (χ2n) is 3.67. The third-order valence-corrected chi connectivity index (χ3v) is 2.55. The maximum absolute atomic E-state index is 14.0. The van der Waals surface area contributed by atoms with Crippen LogP contribution in [0.25, 0.3) is 0 Å². The van der Waals surface area contributed by atoms with Gasteiger partial charge in [-0.2, -0.15) is 26.9 Å². The topological polar surface area (TPSA) is 80.5 Å². The summed E-state index contributed by atoms with van der Waals surface area (Å²) in [6.45, 7) is 0. The molecule has 11 heteroatoms. The van der Waals surface area contributed by atoms with Crippen LogP contribution in [-0.4, -0.2) is 20.2 Å². The zero-order valence-electron chi connectivity index (χ0n) is 9.34. The normalized spacial score (nSPS) is 12.7. The Morgan fingerprint density at radius 3 is 2.30 bits per heavy atom. The van der Waals surface area contributed by atoms with Crippen molar-refractivity contribution in [1.82, 2.24) is 20.2 Å². The Bertz CT molecular complexity index is 638. The van der Waals surface area contributed by atoms with Crippen LogP contribution in [0.15, 0.2) is 12.3 Å². The predicted molar refractivity (Wildman–Crippen MR) is 58.0 cm³/mol. The lowest BCUT2D eigenvalue weighted by Crippen LogP contribution is -2.20. The number of hydrogen-bond acceptors (Lipinski definition) is 4. The van der Waals surface area contributed by atoms with E-state index in [1.807, 2.05) is 5.10 Å². The zero-order chi connectivity index (χ0) is 15.1. The zero-order valence-corrected chi connectivity index (χ0v) is 10.1. The smallest absolute Gasteiger partial charge is 0.367 e. The Balaban J connectivity index is 2.48. The number of anilines is 1. The summed E-state index contributed by atoms with van der Waals surface area (Å²) in [5, 5.41) is 4.22. The molecule has 0 amide bonds. The molecule has 3 N–H and O–H groups in total. The van der Waals surface area contributed by atoms with Crippen molar-refractivity contribution in [2.45, 2.75) is 12.1 Å². The van der Waals surface area contributed by atoms with Crippen LogP contribution >= 0.6 is 11.6 Å². The van der Waals surface area contributed by atoms with Crippen LogP contribution in [0.5, 0.6) is 0 Å². The lowest BCUT2D eigenvalue weighted by atomic mass is 10.1. The molecule has 20 heavy (non-hydrogen) atoms. The molecule has 0 aliphatic heterocycles. The molecule has 0 aliphatic carbocycles. The summed E-state index contributed by atoms with van der Waals surface area (Å²) in [5.41, 5.74) is 2.77. The summed E-state index contributed by atoms with van der Waals surface area (Å²) in [6.07, 6.45) is -4.48. The second kappa shape index (κ2) is 4.54. The Morgan fingerprint density at radius 2 is 1.85 bits per heavy atom. The minimum absolute atomic E-state index is 0.259. The summed E-state index contributed by atoms with van der Waals surface area (Å²) in [5.74, 6) is -5.27. The van der Waals surface area contributed by atoms with Crippen molar-refractivity contribution in [2.24, 2.45) is 0 Å². The van der Waals surface area contributed by atoms with Crippen molar-refractivity contribution >= 4 is 17.5 Å². The van der Waals surface area contributed by atoms with Gasteiger partial charge in [-0.1, -0.05) is 11.6 Å². The van der Waals surface area contributed by atoms with E-state index in [4.69, 9.17) is 17.3 Å². The van der Waals surface area contributed by atoms with Gasteiger partial charge in [0.05, 0.1) is 10.6 Å². The Kier molecular flexibility index (Phi) is 3.28. The highest BCUT2D eigenvalue weighted by Gasteiger charge is 2.42. The predicted octanol–water partition coefficient (Wildman–Crippen LogP) is 2.59. The van der Waals surface area contributed by atoms with E-state index in [0.717, 1.165) is 0 Å². The highest BCUT2D eigenvalue weighted by atomic mass is 35.5.